The molecule has 1 saturated heterocycles. The third kappa shape index (κ3) is 10.0. The molecule has 9 nitrogen and oxygen atoms in total. The Labute approximate surface area is 196 Å². The quantitative estimate of drug-likeness (QED) is 0.332. The number of ketones is 2. The van der Waals surface area contributed by atoms with Gasteiger partial charge in [-0.3, -0.25) is 28.8 Å². The number of carbonyl (C=O) groups is 5. The van der Waals surface area contributed by atoms with E-state index in [-0.39, 0.29) is 55.0 Å². The first-order valence-electron chi connectivity index (χ1n) is 11.7. The van der Waals surface area contributed by atoms with Gasteiger partial charge in [-0.05, 0) is 23.7 Å². The van der Waals surface area contributed by atoms with Crippen molar-refractivity contribution >= 4 is 29.4 Å². The van der Waals surface area contributed by atoms with Gasteiger partial charge < -0.3 is 10.1 Å². The molecule has 0 bridgehead atoms. The lowest BCUT2D eigenvalue weighted by Gasteiger charge is -2.27. The van der Waals surface area contributed by atoms with Gasteiger partial charge in [0.15, 0.2) is 5.78 Å². The van der Waals surface area contributed by atoms with Crippen molar-refractivity contribution in [3.8, 4) is 0 Å². The number of Topliss-reactive ketones (excluding diaryl/α,β-unsaturated/α-hetero) is 2. The number of hydroxylamine groups is 1. The van der Waals surface area contributed by atoms with E-state index in [0.29, 0.717) is 12.8 Å². The molecule has 1 fully saturated rings. The van der Waals surface area contributed by atoms with Gasteiger partial charge in [-0.2, -0.15) is 0 Å². The number of rotatable bonds is 12. The molecule has 4 atom stereocenters. The zero-order valence-corrected chi connectivity index (χ0v) is 21.0. The van der Waals surface area contributed by atoms with Crippen molar-refractivity contribution in [2.75, 3.05) is 13.2 Å². The van der Waals surface area contributed by atoms with Crippen LogP contribution >= 0.6 is 0 Å². The summed E-state index contributed by atoms with van der Waals surface area (Å²) >= 11 is 0. The SMILES string of the molecule is CCC(C)C(CC(=O)OCC(C)(C)C)C(=O)NC(CC(C)C)C(=O)CC1CONC(=O)C1=O. The Bertz CT molecular complexity index is 727. The molecule has 188 valence electrons. The number of ether oxygens (including phenoxy) is 1. The zero-order valence-electron chi connectivity index (χ0n) is 21.0. The minimum atomic E-state index is -0.880. The fourth-order valence-electron chi connectivity index (χ4n) is 3.45. The molecule has 1 rings (SSSR count). The molecule has 0 aliphatic carbocycles. The van der Waals surface area contributed by atoms with Crippen molar-refractivity contribution in [1.29, 1.82) is 0 Å². The fourth-order valence-corrected chi connectivity index (χ4v) is 3.45. The summed E-state index contributed by atoms with van der Waals surface area (Å²) in [7, 11) is 0. The summed E-state index contributed by atoms with van der Waals surface area (Å²) in [5.74, 6) is -4.29. The van der Waals surface area contributed by atoms with Crippen LogP contribution in [-0.2, 0) is 33.5 Å². The lowest BCUT2D eigenvalue weighted by molar-refractivity contribution is -0.158. The lowest BCUT2D eigenvalue weighted by atomic mass is 9.86. The molecular weight excluding hydrogens is 428 g/mol. The van der Waals surface area contributed by atoms with Crippen LogP contribution in [0.5, 0.6) is 0 Å². The molecule has 9 heteroatoms. The highest BCUT2D eigenvalue weighted by molar-refractivity contribution is 6.37. The van der Waals surface area contributed by atoms with Crippen molar-refractivity contribution < 1.29 is 33.5 Å². The number of amides is 2. The van der Waals surface area contributed by atoms with Crippen LogP contribution < -0.4 is 10.8 Å². The number of carbonyl (C=O) groups excluding carboxylic acids is 5. The average Bonchev–Trinajstić information content (AvgIpc) is 2.71. The Balaban J connectivity index is 2.90. The third-order valence-electron chi connectivity index (χ3n) is 5.62. The first-order valence-corrected chi connectivity index (χ1v) is 11.7. The van der Waals surface area contributed by atoms with E-state index in [0.717, 1.165) is 0 Å². The summed E-state index contributed by atoms with van der Waals surface area (Å²) in [6.07, 6.45) is 0.775. The van der Waals surface area contributed by atoms with E-state index in [1.807, 2.05) is 53.9 Å². The van der Waals surface area contributed by atoms with E-state index < -0.39 is 35.5 Å². The zero-order chi connectivity index (χ0) is 25.3. The van der Waals surface area contributed by atoms with E-state index in [2.05, 4.69) is 5.32 Å². The second-order valence-electron chi connectivity index (χ2n) is 10.6. The Hall–Kier alpha value is -2.29. The molecule has 4 unspecified atom stereocenters. The van der Waals surface area contributed by atoms with Crippen LogP contribution in [0.3, 0.4) is 0 Å². The molecule has 1 heterocycles. The van der Waals surface area contributed by atoms with Crippen LogP contribution in [0.15, 0.2) is 0 Å². The predicted octanol–water partition coefficient (Wildman–Crippen LogP) is 2.36. The molecular formula is C24H40N2O7. The van der Waals surface area contributed by atoms with E-state index in [9.17, 15) is 24.0 Å². The fraction of sp³-hybridized carbons (Fsp3) is 0.792. The molecule has 2 amide bonds. The largest absolute Gasteiger partial charge is 0.465 e. The van der Waals surface area contributed by atoms with Crippen molar-refractivity contribution in [1.82, 2.24) is 10.8 Å². The van der Waals surface area contributed by atoms with Gasteiger partial charge in [-0.15, -0.1) is 0 Å². The van der Waals surface area contributed by atoms with E-state index >= 15 is 0 Å². The number of esters is 1. The second-order valence-corrected chi connectivity index (χ2v) is 10.6. The second kappa shape index (κ2) is 12.8. The summed E-state index contributed by atoms with van der Waals surface area (Å²) in [4.78, 5) is 67.0. The molecule has 33 heavy (non-hydrogen) atoms. The molecule has 0 aromatic heterocycles. The minimum absolute atomic E-state index is 0.0748. The van der Waals surface area contributed by atoms with Crippen LogP contribution in [0.4, 0.5) is 0 Å². The topological polar surface area (TPSA) is 128 Å². The molecule has 0 saturated carbocycles. The first kappa shape index (κ1) is 28.7. The minimum Gasteiger partial charge on any atom is -0.465 e. The van der Waals surface area contributed by atoms with Crippen LogP contribution in [0.1, 0.15) is 74.1 Å². The van der Waals surface area contributed by atoms with Gasteiger partial charge in [-0.25, -0.2) is 5.48 Å². The predicted molar refractivity (Wildman–Crippen MR) is 122 cm³/mol. The van der Waals surface area contributed by atoms with Crippen LogP contribution in [-0.4, -0.2) is 48.6 Å². The van der Waals surface area contributed by atoms with Crippen LogP contribution in [0.2, 0.25) is 0 Å². The summed E-state index contributed by atoms with van der Waals surface area (Å²) < 4.78 is 5.35. The lowest BCUT2D eigenvalue weighted by Crippen LogP contribution is -2.49. The van der Waals surface area contributed by atoms with Crippen LogP contribution in [0, 0.1) is 29.1 Å². The molecule has 0 aromatic carbocycles. The van der Waals surface area contributed by atoms with Gasteiger partial charge >= 0.3 is 11.9 Å². The maximum atomic E-state index is 13.2. The van der Waals surface area contributed by atoms with E-state index in [4.69, 9.17) is 9.57 Å². The Morgan fingerprint density at radius 3 is 2.36 bits per heavy atom. The molecule has 0 spiro atoms. The maximum Gasteiger partial charge on any atom is 0.311 e. The van der Waals surface area contributed by atoms with Crippen molar-refractivity contribution in [3.05, 3.63) is 0 Å². The summed E-state index contributed by atoms with van der Waals surface area (Å²) in [6, 6.07) is -0.826. The van der Waals surface area contributed by atoms with Gasteiger partial charge in [0.25, 0.3) is 0 Å². The third-order valence-corrected chi connectivity index (χ3v) is 5.62. The van der Waals surface area contributed by atoms with E-state index in [1.165, 1.54) is 0 Å². The number of hydrogen-bond donors (Lipinski definition) is 2. The standard InChI is InChI=1S/C24H40N2O7/c1-8-15(4)17(11-20(28)32-13-24(5,6)7)22(30)25-18(9-14(2)3)19(27)10-16-12-33-26-23(31)21(16)29/h14-18H,8-13H2,1-7H3,(H,25,30)(H,26,31). The van der Waals surface area contributed by atoms with E-state index in [1.54, 1.807) is 0 Å². The molecule has 0 radical (unpaired) electrons. The van der Waals surface area contributed by atoms with Gasteiger partial charge in [0.05, 0.1) is 37.5 Å². The highest BCUT2D eigenvalue weighted by Crippen LogP contribution is 2.23. The Kier molecular flexibility index (Phi) is 11.2. The Morgan fingerprint density at radius 1 is 1.18 bits per heavy atom. The highest BCUT2D eigenvalue weighted by Gasteiger charge is 2.36. The van der Waals surface area contributed by atoms with Crippen molar-refractivity contribution in [2.45, 2.75) is 80.2 Å². The number of nitrogens with one attached hydrogen (secondary N) is 2. The highest BCUT2D eigenvalue weighted by atomic mass is 16.7. The smallest absolute Gasteiger partial charge is 0.311 e. The number of hydrogen-bond acceptors (Lipinski definition) is 7. The van der Waals surface area contributed by atoms with Gasteiger partial charge in [0.1, 0.15) is 0 Å². The Morgan fingerprint density at radius 2 is 1.82 bits per heavy atom. The monoisotopic (exact) mass is 468 g/mol. The molecule has 0 aromatic rings. The van der Waals surface area contributed by atoms with Crippen molar-refractivity contribution in [3.63, 3.8) is 0 Å². The van der Waals surface area contributed by atoms with Gasteiger partial charge in [-0.1, -0.05) is 54.9 Å². The summed E-state index contributed by atoms with van der Waals surface area (Å²) in [5, 5.41) is 2.81. The first-order chi connectivity index (χ1) is 15.2. The summed E-state index contributed by atoms with van der Waals surface area (Å²) in [6.45, 7) is 13.7. The maximum absolute atomic E-state index is 13.2. The molecule has 1 aliphatic rings. The molecule has 2 N–H and O–H groups in total. The van der Waals surface area contributed by atoms with Gasteiger partial charge in [0.2, 0.25) is 11.7 Å². The molecule has 1 aliphatic heterocycles. The van der Waals surface area contributed by atoms with Crippen molar-refractivity contribution in [2.24, 2.45) is 29.1 Å². The average molecular weight is 469 g/mol. The van der Waals surface area contributed by atoms with Crippen LogP contribution in [0.25, 0.3) is 0 Å². The normalized spacial score (nSPS) is 19.5. The van der Waals surface area contributed by atoms with Gasteiger partial charge in [0, 0.05) is 6.42 Å². The summed E-state index contributed by atoms with van der Waals surface area (Å²) in [5.41, 5.74) is 1.80.